The Morgan fingerprint density at radius 2 is 2.25 bits per heavy atom. The van der Waals surface area contributed by atoms with E-state index in [9.17, 15) is 8.42 Å². The second-order valence-corrected chi connectivity index (χ2v) is 7.41. The molecule has 1 aromatic rings. The first-order valence-corrected chi connectivity index (χ1v) is 8.43. The van der Waals surface area contributed by atoms with Crippen molar-refractivity contribution in [1.82, 2.24) is 14.5 Å². The zero-order valence-corrected chi connectivity index (χ0v) is 12.3. The van der Waals surface area contributed by atoms with Crippen LogP contribution in [0.3, 0.4) is 0 Å². The molecule has 0 aliphatic carbocycles. The molecule has 1 atom stereocenters. The van der Waals surface area contributed by atoms with Crippen LogP contribution in [0.5, 0.6) is 0 Å². The van der Waals surface area contributed by atoms with E-state index in [0.29, 0.717) is 19.8 Å². The van der Waals surface area contributed by atoms with Crippen LogP contribution < -0.4 is 9.62 Å². The molecule has 1 N–H and O–H groups in total. The standard InChI is InChI=1S/C12H20N4O3S/c1-15-12(4-5-13-15)16-6-2-3-10(7-16)14-20(17,18)11-8-19-9-11/h4-5,10-11,14H,2-3,6-9H2,1H3. The predicted molar refractivity (Wildman–Crippen MR) is 75.1 cm³/mol. The van der Waals surface area contributed by atoms with Gasteiger partial charge in [-0.25, -0.2) is 13.1 Å². The Morgan fingerprint density at radius 1 is 1.45 bits per heavy atom. The number of hydrogen-bond donors (Lipinski definition) is 1. The van der Waals surface area contributed by atoms with E-state index >= 15 is 0 Å². The number of anilines is 1. The zero-order chi connectivity index (χ0) is 14.2. The molecule has 1 aromatic heterocycles. The van der Waals surface area contributed by atoms with Crippen molar-refractivity contribution >= 4 is 15.8 Å². The first-order chi connectivity index (χ1) is 9.56. The molecule has 3 heterocycles. The van der Waals surface area contributed by atoms with Crippen molar-refractivity contribution in [3.05, 3.63) is 12.3 Å². The summed E-state index contributed by atoms with van der Waals surface area (Å²) in [6, 6.07) is 1.92. The molecule has 2 fully saturated rings. The van der Waals surface area contributed by atoms with Gasteiger partial charge in [0.1, 0.15) is 11.1 Å². The average Bonchev–Trinajstić information content (AvgIpc) is 2.72. The van der Waals surface area contributed by atoms with Gasteiger partial charge in [-0.3, -0.25) is 4.68 Å². The largest absolute Gasteiger partial charge is 0.378 e. The van der Waals surface area contributed by atoms with E-state index < -0.39 is 10.0 Å². The lowest BCUT2D eigenvalue weighted by molar-refractivity contribution is 0.0409. The van der Waals surface area contributed by atoms with E-state index in [1.807, 2.05) is 17.8 Å². The normalized spacial score (nSPS) is 24.6. The van der Waals surface area contributed by atoms with E-state index in [1.54, 1.807) is 6.20 Å². The second kappa shape index (κ2) is 5.34. The molecular formula is C12H20N4O3S. The summed E-state index contributed by atoms with van der Waals surface area (Å²) in [5.41, 5.74) is 0. The fourth-order valence-corrected chi connectivity index (χ4v) is 4.08. The molecule has 0 bridgehead atoms. The van der Waals surface area contributed by atoms with Crippen LogP contribution in [0.25, 0.3) is 0 Å². The molecule has 0 radical (unpaired) electrons. The van der Waals surface area contributed by atoms with Crippen molar-refractivity contribution in [1.29, 1.82) is 0 Å². The zero-order valence-electron chi connectivity index (χ0n) is 11.5. The van der Waals surface area contributed by atoms with Crippen molar-refractivity contribution in [2.24, 2.45) is 7.05 Å². The predicted octanol–water partition coefficient (Wildman–Crippen LogP) is -0.293. The average molecular weight is 300 g/mol. The van der Waals surface area contributed by atoms with Gasteiger partial charge in [-0.05, 0) is 12.8 Å². The number of aryl methyl sites for hydroxylation is 1. The minimum absolute atomic E-state index is 0.0377. The smallest absolute Gasteiger partial charge is 0.219 e. The Balaban J connectivity index is 1.65. The minimum atomic E-state index is -3.25. The first-order valence-electron chi connectivity index (χ1n) is 6.88. The fraction of sp³-hybridized carbons (Fsp3) is 0.750. The lowest BCUT2D eigenvalue weighted by Gasteiger charge is -2.35. The molecule has 2 aliphatic heterocycles. The fourth-order valence-electron chi connectivity index (χ4n) is 2.68. The highest BCUT2D eigenvalue weighted by Crippen LogP contribution is 2.20. The number of hydrogen-bond acceptors (Lipinski definition) is 5. The van der Waals surface area contributed by atoms with Crippen LogP contribution in [0.1, 0.15) is 12.8 Å². The molecule has 0 aromatic carbocycles. The van der Waals surface area contributed by atoms with Crippen molar-refractivity contribution in [2.75, 3.05) is 31.2 Å². The molecule has 1 unspecified atom stereocenters. The SMILES string of the molecule is Cn1nccc1N1CCCC(NS(=O)(=O)C2COC2)C1. The summed E-state index contributed by atoms with van der Waals surface area (Å²) >= 11 is 0. The van der Waals surface area contributed by atoms with E-state index in [2.05, 4.69) is 14.7 Å². The second-order valence-electron chi connectivity index (χ2n) is 5.42. The molecule has 0 saturated carbocycles. The molecule has 8 heteroatoms. The third-order valence-electron chi connectivity index (χ3n) is 3.92. The molecule has 7 nitrogen and oxygen atoms in total. The quantitative estimate of drug-likeness (QED) is 0.827. The van der Waals surface area contributed by atoms with E-state index in [-0.39, 0.29) is 11.3 Å². The van der Waals surface area contributed by atoms with Gasteiger partial charge in [-0.1, -0.05) is 0 Å². The number of nitrogens with one attached hydrogen (secondary N) is 1. The van der Waals surface area contributed by atoms with Gasteiger partial charge in [0.25, 0.3) is 0 Å². The summed E-state index contributed by atoms with van der Waals surface area (Å²) in [5, 5.41) is 3.78. The number of piperidine rings is 1. The maximum atomic E-state index is 12.1. The van der Waals surface area contributed by atoms with Gasteiger partial charge < -0.3 is 9.64 Å². The Morgan fingerprint density at radius 3 is 2.85 bits per heavy atom. The summed E-state index contributed by atoms with van der Waals surface area (Å²) in [6.45, 7) is 2.25. The molecule has 2 saturated heterocycles. The highest BCUT2D eigenvalue weighted by molar-refractivity contribution is 7.90. The third kappa shape index (κ3) is 2.68. The van der Waals surface area contributed by atoms with Crippen LogP contribution in [0, 0.1) is 0 Å². The molecule has 3 rings (SSSR count). The highest BCUT2D eigenvalue weighted by atomic mass is 32.2. The van der Waals surface area contributed by atoms with Crippen molar-refractivity contribution in [2.45, 2.75) is 24.1 Å². The summed E-state index contributed by atoms with van der Waals surface area (Å²) < 4.78 is 33.8. The van der Waals surface area contributed by atoms with E-state index in [4.69, 9.17) is 4.74 Å². The van der Waals surface area contributed by atoms with Crippen molar-refractivity contribution < 1.29 is 13.2 Å². The summed E-state index contributed by atoms with van der Waals surface area (Å²) in [4.78, 5) is 2.18. The number of sulfonamides is 1. The topological polar surface area (TPSA) is 76.5 Å². The van der Waals surface area contributed by atoms with Crippen molar-refractivity contribution in [3.8, 4) is 0 Å². The molecule has 0 amide bonds. The van der Waals surface area contributed by atoms with E-state index in [1.165, 1.54) is 0 Å². The van der Waals surface area contributed by atoms with E-state index in [0.717, 1.165) is 25.2 Å². The number of aromatic nitrogens is 2. The van der Waals surface area contributed by atoms with Crippen molar-refractivity contribution in [3.63, 3.8) is 0 Å². The Hall–Kier alpha value is -1.12. The third-order valence-corrected chi connectivity index (χ3v) is 5.73. The van der Waals surface area contributed by atoms with Crippen LogP contribution >= 0.6 is 0 Å². The summed E-state index contributed by atoms with van der Waals surface area (Å²) in [7, 11) is -1.35. The van der Waals surface area contributed by atoms with Crippen LogP contribution in [0.2, 0.25) is 0 Å². The molecular weight excluding hydrogens is 280 g/mol. The highest BCUT2D eigenvalue weighted by Gasteiger charge is 2.35. The molecule has 2 aliphatic rings. The Kier molecular flexibility index (Phi) is 3.70. The lowest BCUT2D eigenvalue weighted by atomic mass is 10.1. The van der Waals surface area contributed by atoms with Gasteiger partial charge in [0, 0.05) is 32.2 Å². The van der Waals surface area contributed by atoms with Gasteiger partial charge in [0.05, 0.1) is 19.4 Å². The van der Waals surface area contributed by atoms with Gasteiger partial charge in [0.2, 0.25) is 10.0 Å². The maximum Gasteiger partial charge on any atom is 0.219 e. The van der Waals surface area contributed by atoms with Gasteiger partial charge >= 0.3 is 0 Å². The number of ether oxygens (including phenoxy) is 1. The monoisotopic (exact) mass is 300 g/mol. The summed E-state index contributed by atoms with van der Waals surface area (Å²) in [5.74, 6) is 1.03. The molecule has 20 heavy (non-hydrogen) atoms. The number of rotatable bonds is 4. The van der Waals surface area contributed by atoms with Gasteiger partial charge in [0.15, 0.2) is 0 Å². The molecule has 0 spiro atoms. The number of nitrogens with zero attached hydrogens (tertiary/aromatic N) is 3. The van der Waals surface area contributed by atoms with Crippen LogP contribution in [-0.4, -0.2) is 55.8 Å². The summed E-state index contributed by atoms with van der Waals surface area (Å²) in [6.07, 6.45) is 3.61. The maximum absolute atomic E-state index is 12.1. The van der Waals surface area contributed by atoms with Crippen LogP contribution in [0.4, 0.5) is 5.82 Å². The minimum Gasteiger partial charge on any atom is -0.378 e. The molecule has 112 valence electrons. The Labute approximate surface area is 118 Å². The van der Waals surface area contributed by atoms with Crippen LogP contribution in [0.15, 0.2) is 12.3 Å². The lowest BCUT2D eigenvalue weighted by Crippen LogP contribution is -2.54. The first kappa shape index (κ1) is 13.8. The van der Waals surface area contributed by atoms with Gasteiger partial charge in [-0.15, -0.1) is 0 Å². The Bertz CT molecular complexity index is 567. The van der Waals surface area contributed by atoms with Gasteiger partial charge in [-0.2, -0.15) is 5.10 Å². The van der Waals surface area contributed by atoms with Crippen LogP contribution in [-0.2, 0) is 21.8 Å².